The van der Waals surface area contributed by atoms with Gasteiger partial charge in [-0.3, -0.25) is 9.59 Å². The van der Waals surface area contributed by atoms with Gasteiger partial charge in [-0.05, 0) is 25.0 Å². The molecule has 0 radical (unpaired) electrons. The van der Waals surface area contributed by atoms with Crippen molar-refractivity contribution in [1.29, 1.82) is 0 Å². The van der Waals surface area contributed by atoms with Gasteiger partial charge in [0.1, 0.15) is 0 Å². The van der Waals surface area contributed by atoms with E-state index in [0.29, 0.717) is 12.1 Å². The quantitative estimate of drug-likeness (QED) is 0.742. The summed E-state index contributed by atoms with van der Waals surface area (Å²) < 4.78 is 0. The molecule has 5 nitrogen and oxygen atoms in total. The van der Waals surface area contributed by atoms with Crippen LogP contribution in [0.15, 0.2) is 24.3 Å². The molecule has 2 amide bonds. The average Bonchev–Trinajstić information content (AvgIpc) is 2.40. The van der Waals surface area contributed by atoms with Crippen molar-refractivity contribution in [3.63, 3.8) is 0 Å². The van der Waals surface area contributed by atoms with Crippen LogP contribution in [0, 0.1) is 0 Å². The summed E-state index contributed by atoms with van der Waals surface area (Å²) >= 11 is 0. The van der Waals surface area contributed by atoms with Crippen LogP contribution in [0.5, 0.6) is 0 Å². The molecule has 5 heteroatoms. The smallest absolute Gasteiger partial charge is 0.244 e. The molecule has 1 aromatic carbocycles. The molecule has 0 saturated carbocycles. The molecule has 4 N–H and O–H groups in total. The van der Waals surface area contributed by atoms with Gasteiger partial charge in [0.15, 0.2) is 0 Å². The summed E-state index contributed by atoms with van der Waals surface area (Å²) in [7, 11) is 1.58. The van der Waals surface area contributed by atoms with Gasteiger partial charge < -0.3 is 16.4 Å². The fourth-order valence-corrected chi connectivity index (χ4v) is 1.48. The molecule has 1 unspecified atom stereocenters. The monoisotopic (exact) mass is 263 g/mol. The van der Waals surface area contributed by atoms with Crippen LogP contribution in [0.2, 0.25) is 0 Å². The third-order valence-corrected chi connectivity index (χ3v) is 3.15. The Balaban J connectivity index is 2.89. The fraction of sp³-hybridized carbons (Fsp3) is 0.429. The van der Waals surface area contributed by atoms with E-state index < -0.39 is 5.54 Å². The van der Waals surface area contributed by atoms with Crippen molar-refractivity contribution in [2.75, 3.05) is 12.4 Å². The lowest BCUT2D eigenvalue weighted by molar-refractivity contribution is -0.121. The Kier molecular flexibility index (Phi) is 5.06. The van der Waals surface area contributed by atoms with Crippen LogP contribution in [-0.2, 0) is 16.0 Å². The first-order valence-electron chi connectivity index (χ1n) is 6.29. The van der Waals surface area contributed by atoms with Gasteiger partial charge in [-0.25, -0.2) is 0 Å². The summed E-state index contributed by atoms with van der Waals surface area (Å²) in [6, 6.07) is 7.21. The highest BCUT2D eigenvalue weighted by Gasteiger charge is 2.26. The summed E-state index contributed by atoms with van der Waals surface area (Å²) in [6.07, 6.45) is 0.761. The zero-order chi connectivity index (χ0) is 14.5. The lowest BCUT2D eigenvalue weighted by atomic mass is 9.99. The SMILES string of the molecule is CCC(C)(N)C(=O)Nc1ccccc1CC(=O)NC. The second-order valence-corrected chi connectivity index (χ2v) is 4.73. The van der Waals surface area contributed by atoms with Gasteiger partial charge in [-0.2, -0.15) is 0 Å². The van der Waals surface area contributed by atoms with E-state index in [1.54, 1.807) is 20.0 Å². The summed E-state index contributed by atoms with van der Waals surface area (Å²) in [5.41, 5.74) is 6.37. The van der Waals surface area contributed by atoms with Crippen molar-refractivity contribution in [2.24, 2.45) is 5.73 Å². The molecule has 19 heavy (non-hydrogen) atoms. The Morgan fingerprint density at radius 3 is 2.53 bits per heavy atom. The van der Waals surface area contributed by atoms with Crippen molar-refractivity contribution in [3.05, 3.63) is 29.8 Å². The zero-order valence-electron chi connectivity index (χ0n) is 11.6. The Morgan fingerprint density at radius 2 is 1.95 bits per heavy atom. The first kappa shape index (κ1) is 15.2. The number of carbonyl (C=O) groups is 2. The summed E-state index contributed by atoms with van der Waals surface area (Å²) in [5, 5.41) is 5.35. The molecule has 1 aromatic rings. The fourth-order valence-electron chi connectivity index (χ4n) is 1.48. The lowest BCUT2D eigenvalue weighted by Crippen LogP contribution is -2.47. The topological polar surface area (TPSA) is 84.2 Å². The minimum atomic E-state index is -0.917. The molecule has 0 aliphatic carbocycles. The molecule has 1 rings (SSSR count). The maximum Gasteiger partial charge on any atom is 0.244 e. The maximum absolute atomic E-state index is 12.0. The predicted molar refractivity (Wildman–Crippen MR) is 75.7 cm³/mol. The van der Waals surface area contributed by atoms with Gasteiger partial charge in [0.2, 0.25) is 11.8 Å². The standard InChI is InChI=1S/C14H21N3O2/c1-4-14(2,15)13(19)17-11-8-6-5-7-10(11)9-12(18)16-3/h5-8H,4,9,15H2,1-3H3,(H,16,18)(H,17,19). The van der Waals surface area contributed by atoms with Gasteiger partial charge in [0, 0.05) is 12.7 Å². The minimum Gasteiger partial charge on any atom is -0.359 e. The van der Waals surface area contributed by atoms with Crippen molar-refractivity contribution in [1.82, 2.24) is 5.32 Å². The predicted octanol–water partition coefficient (Wildman–Crippen LogP) is 1.04. The molecule has 104 valence electrons. The van der Waals surface area contributed by atoms with E-state index in [1.165, 1.54) is 0 Å². The van der Waals surface area contributed by atoms with Gasteiger partial charge >= 0.3 is 0 Å². The van der Waals surface area contributed by atoms with Crippen LogP contribution >= 0.6 is 0 Å². The molecule has 0 aromatic heterocycles. The second-order valence-electron chi connectivity index (χ2n) is 4.73. The molecule has 0 saturated heterocycles. The number of hydrogen-bond acceptors (Lipinski definition) is 3. The van der Waals surface area contributed by atoms with Gasteiger partial charge in [0.05, 0.1) is 12.0 Å². The zero-order valence-corrected chi connectivity index (χ0v) is 11.6. The Hall–Kier alpha value is -1.88. The molecule has 0 spiro atoms. The molecular weight excluding hydrogens is 242 g/mol. The number of rotatable bonds is 5. The van der Waals surface area contributed by atoms with E-state index in [0.717, 1.165) is 5.56 Å². The Labute approximate surface area is 113 Å². The summed E-state index contributed by atoms with van der Waals surface area (Å²) in [4.78, 5) is 23.5. The van der Waals surface area contributed by atoms with E-state index in [-0.39, 0.29) is 18.2 Å². The van der Waals surface area contributed by atoms with Crippen molar-refractivity contribution in [3.8, 4) is 0 Å². The molecule has 0 bridgehead atoms. The number of para-hydroxylation sites is 1. The Bertz CT molecular complexity index is 470. The summed E-state index contributed by atoms with van der Waals surface area (Å²) in [6.45, 7) is 3.54. The number of anilines is 1. The number of hydrogen-bond donors (Lipinski definition) is 3. The van der Waals surface area contributed by atoms with Crippen LogP contribution in [0.1, 0.15) is 25.8 Å². The van der Waals surface area contributed by atoms with E-state index in [4.69, 9.17) is 5.73 Å². The first-order valence-corrected chi connectivity index (χ1v) is 6.29. The highest BCUT2D eigenvalue weighted by Crippen LogP contribution is 2.18. The first-order chi connectivity index (χ1) is 8.90. The second kappa shape index (κ2) is 6.33. The number of nitrogens with one attached hydrogen (secondary N) is 2. The largest absolute Gasteiger partial charge is 0.359 e. The van der Waals surface area contributed by atoms with Crippen LogP contribution in [-0.4, -0.2) is 24.4 Å². The van der Waals surface area contributed by atoms with Crippen LogP contribution in [0.3, 0.4) is 0 Å². The highest BCUT2D eigenvalue weighted by atomic mass is 16.2. The number of amides is 2. The third kappa shape index (κ3) is 4.06. The number of likely N-dealkylation sites (N-methyl/N-ethyl adjacent to an activating group) is 1. The van der Waals surface area contributed by atoms with Crippen LogP contribution < -0.4 is 16.4 Å². The Morgan fingerprint density at radius 1 is 1.32 bits per heavy atom. The lowest BCUT2D eigenvalue weighted by Gasteiger charge is -2.22. The van der Waals surface area contributed by atoms with Gasteiger partial charge in [0.25, 0.3) is 0 Å². The van der Waals surface area contributed by atoms with Crippen molar-refractivity contribution >= 4 is 17.5 Å². The maximum atomic E-state index is 12.0. The van der Waals surface area contributed by atoms with E-state index in [1.807, 2.05) is 25.1 Å². The van der Waals surface area contributed by atoms with Gasteiger partial charge in [-0.1, -0.05) is 25.1 Å². The van der Waals surface area contributed by atoms with Crippen molar-refractivity contribution < 1.29 is 9.59 Å². The molecule has 0 heterocycles. The van der Waals surface area contributed by atoms with Crippen molar-refractivity contribution in [2.45, 2.75) is 32.2 Å². The average molecular weight is 263 g/mol. The van der Waals surface area contributed by atoms with Crippen LogP contribution in [0.25, 0.3) is 0 Å². The van der Waals surface area contributed by atoms with E-state index in [2.05, 4.69) is 10.6 Å². The normalized spacial score (nSPS) is 13.5. The number of benzene rings is 1. The number of nitrogens with two attached hydrogens (primary N) is 1. The van der Waals surface area contributed by atoms with Crippen LogP contribution in [0.4, 0.5) is 5.69 Å². The van der Waals surface area contributed by atoms with Gasteiger partial charge in [-0.15, -0.1) is 0 Å². The molecule has 0 aliphatic heterocycles. The van der Waals surface area contributed by atoms with E-state index >= 15 is 0 Å². The third-order valence-electron chi connectivity index (χ3n) is 3.15. The molecular formula is C14H21N3O2. The molecule has 1 atom stereocenters. The molecule has 0 fully saturated rings. The number of carbonyl (C=O) groups excluding carboxylic acids is 2. The highest BCUT2D eigenvalue weighted by molar-refractivity contribution is 5.98. The summed E-state index contributed by atoms with van der Waals surface area (Å²) in [5.74, 6) is -0.355. The van der Waals surface area contributed by atoms with E-state index in [9.17, 15) is 9.59 Å². The molecule has 0 aliphatic rings. The minimum absolute atomic E-state index is 0.104.